The van der Waals surface area contributed by atoms with E-state index >= 15 is 0 Å². The molecule has 0 spiro atoms. The number of aliphatic carboxylic acids is 1. The number of ether oxygens (including phenoxy) is 1. The van der Waals surface area contributed by atoms with Crippen LogP contribution in [0.5, 0.6) is 11.5 Å². The van der Waals surface area contributed by atoms with E-state index in [1.165, 1.54) is 0 Å². The summed E-state index contributed by atoms with van der Waals surface area (Å²) in [6, 6.07) is 13.8. The highest BCUT2D eigenvalue weighted by Gasteiger charge is 2.08. The SMILES string of the molecule is O=C(O)COc1ccc(C=Cc2nc(-c3ccccc3O)n[nH]2)cc1. The summed E-state index contributed by atoms with van der Waals surface area (Å²) in [5.74, 6) is 0.546. The van der Waals surface area contributed by atoms with Gasteiger partial charge in [-0.25, -0.2) is 9.78 Å². The first-order valence-corrected chi connectivity index (χ1v) is 7.45. The first-order chi connectivity index (χ1) is 12.1. The second-order valence-corrected chi connectivity index (χ2v) is 5.15. The number of carbonyl (C=O) groups is 1. The smallest absolute Gasteiger partial charge is 0.341 e. The van der Waals surface area contributed by atoms with Crippen LogP contribution in [0.15, 0.2) is 48.5 Å². The molecule has 7 heteroatoms. The molecule has 126 valence electrons. The van der Waals surface area contributed by atoms with Crippen LogP contribution in [-0.4, -0.2) is 38.0 Å². The number of para-hydroxylation sites is 1. The number of nitrogens with one attached hydrogen (secondary N) is 1. The summed E-state index contributed by atoms with van der Waals surface area (Å²) in [5, 5.41) is 25.3. The van der Waals surface area contributed by atoms with Crippen LogP contribution in [0.25, 0.3) is 23.5 Å². The zero-order valence-corrected chi connectivity index (χ0v) is 13.1. The van der Waals surface area contributed by atoms with Crippen molar-refractivity contribution >= 4 is 18.1 Å². The van der Waals surface area contributed by atoms with Gasteiger partial charge in [-0.15, -0.1) is 0 Å². The maximum absolute atomic E-state index is 10.5. The van der Waals surface area contributed by atoms with Crippen LogP contribution < -0.4 is 4.74 Å². The van der Waals surface area contributed by atoms with Gasteiger partial charge in [0.25, 0.3) is 0 Å². The van der Waals surface area contributed by atoms with Crippen molar-refractivity contribution in [2.75, 3.05) is 6.61 Å². The predicted molar refractivity (Wildman–Crippen MR) is 92.0 cm³/mol. The number of rotatable bonds is 6. The third-order valence-electron chi connectivity index (χ3n) is 3.32. The van der Waals surface area contributed by atoms with Gasteiger partial charge in [-0.1, -0.05) is 30.3 Å². The van der Waals surface area contributed by atoms with Crippen LogP contribution in [0.3, 0.4) is 0 Å². The second kappa shape index (κ2) is 7.31. The molecule has 0 aliphatic heterocycles. The number of phenols is 1. The molecular weight excluding hydrogens is 322 g/mol. The van der Waals surface area contributed by atoms with Crippen molar-refractivity contribution in [3.05, 3.63) is 59.9 Å². The van der Waals surface area contributed by atoms with E-state index in [2.05, 4.69) is 15.2 Å². The van der Waals surface area contributed by atoms with Crippen LogP contribution >= 0.6 is 0 Å². The Labute approximate surface area is 143 Å². The molecule has 3 N–H and O–H groups in total. The van der Waals surface area contributed by atoms with E-state index in [4.69, 9.17) is 9.84 Å². The van der Waals surface area contributed by atoms with Gasteiger partial charge in [0, 0.05) is 0 Å². The normalized spacial score (nSPS) is 10.9. The van der Waals surface area contributed by atoms with Crippen molar-refractivity contribution < 1.29 is 19.7 Å². The monoisotopic (exact) mass is 337 g/mol. The Morgan fingerprint density at radius 1 is 1.12 bits per heavy atom. The quantitative estimate of drug-likeness (QED) is 0.638. The molecule has 3 rings (SSSR count). The molecule has 1 aromatic heterocycles. The first-order valence-electron chi connectivity index (χ1n) is 7.45. The number of hydrogen-bond acceptors (Lipinski definition) is 5. The van der Waals surface area contributed by atoms with Crippen LogP contribution in [0, 0.1) is 0 Å². The largest absolute Gasteiger partial charge is 0.507 e. The maximum Gasteiger partial charge on any atom is 0.341 e. The summed E-state index contributed by atoms with van der Waals surface area (Å²) in [6.45, 7) is -0.373. The van der Waals surface area contributed by atoms with Gasteiger partial charge in [0.05, 0.1) is 5.56 Å². The number of aromatic hydroxyl groups is 1. The number of aromatic amines is 1. The van der Waals surface area contributed by atoms with Crippen LogP contribution in [0.4, 0.5) is 0 Å². The topological polar surface area (TPSA) is 108 Å². The number of aromatic nitrogens is 3. The molecule has 0 atom stereocenters. The van der Waals surface area contributed by atoms with E-state index in [0.717, 1.165) is 5.56 Å². The minimum atomic E-state index is -1.02. The van der Waals surface area contributed by atoms with Gasteiger partial charge < -0.3 is 14.9 Å². The maximum atomic E-state index is 10.5. The van der Waals surface area contributed by atoms with Crippen molar-refractivity contribution in [1.82, 2.24) is 15.2 Å². The molecule has 0 aliphatic carbocycles. The lowest BCUT2D eigenvalue weighted by Gasteiger charge is -2.02. The van der Waals surface area contributed by atoms with Gasteiger partial charge in [-0.2, -0.15) is 5.10 Å². The van der Waals surface area contributed by atoms with Crippen LogP contribution in [-0.2, 0) is 4.79 Å². The number of benzene rings is 2. The van der Waals surface area contributed by atoms with Crippen molar-refractivity contribution in [1.29, 1.82) is 0 Å². The first kappa shape index (κ1) is 16.3. The van der Waals surface area contributed by atoms with Gasteiger partial charge >= 0.3 is 5.97 Å². The molecule has 7 nitrogen and oxygen atoms in total. The average molecular weight is 337 g/mol. The summed E-state index contributed by atoms with van der Waals surface area (Å²) in [5.41, 5.74) is 1.45. The molecule has 0 unspecified atom stereocenters. The van der Waals surface area contributed by atoms with E-state index < -0.39 is 5.97 Å². The molecule has 0 amide bonds. The molecule has 1 heterocycles. The minimum Gasteiger partial charge on any atom is -0.507 e. The van der Waals surface area contributed by atoms with Crippen LogP contribution in [0.2, 0.25) is 0 Å². The Bertz CT molecular complexity index is 901. The fourth-order valence-electron chi connectivity index (χ4n) is 2.13. The highest BCUT2D eigenvalue weighted by atomic mass is 16.5. The molecule has 0 saturated heterocycles. The van der Waals surface area contributed by atoms with E-state index in [-0.39, 0.29) is 12.4 Å². The molecule has 0 aliphatic rings. The molecule has 0 saturated carbocycles. The minimum absolute atomic E-state index is 0.119. The third-order valence-corrected chi connectivity index (χ3v) is 3.32. The predicted octanol–water partition coefficient (Wildman–Crippen LogP) is 2.81. The van der Waals surface area contributed by atoms with Crippen molar-refractivity contribution in [2.24, 2.45) is 0 Å². The van der Waals surface area contributed by atoms with Gasteiger partial charge in [0.1, 0.15) is 17.3 Å². The zero-order valence-electron chi connectivity index (χ0n) is 13.1. The summed E-state index contributed by atoms with van der Waals surface area (Å²) in [7, 11) is 0. The van der Waals surface area contributed by atoms with E-state index in [0.29, 0.717) is 23.0 Å². The highest BCUT2D eigenvalue weighted by Crippen LogP contribution is 2.25. The fourth-order valence-corrected chi connectivity index (χ4v) is 2.13. The van der Waals surface area contributed by atoms with Gasteiger partial charge in [-0.05, 0) is 35.9 Å². The van der Waals surface area contributed by atoms with Crippen molar-refractivity contribution in [3.63, 3.8) is 0 Å². The lowest BCUT2D eigenvalue weighted by Crippen LogP contribution is -2.09. The number of hydrogen-bond donors (Lipinski definition) is 3. The Balaban J connectivity index is 1.68. The third kappa shape index (κ3) is 4.23. The fraction of sp³-hybridized carbons (Fsp3) is 0.0556. The lowest BCUT2D eigenvalue weighted by atomic mass is 10.2. The van der Waals surface area contributed by atoms with E-state index in [9.17, 15) is 9.90 Å². The molecular formula is C18H15N3O4. The van der Waals surface area contributed by atoms with Gasteiger partial charge in [-0.3, -0.25) is 5.10 Å². The number of carboxylic acid groups (broad SMARTS) is 1. The standard InChI is InChI=1S/C18H15N3O4/c22-15-4-2-1-3-14(15)18-19-16(20-21-18)10-7-12-5-8-13(9-6-12)25-11-17(23)24/h1-10,22H,11H2,(H,23,24)(H,19,20,21). The van der Waals surface area contributed by atoms with Crippen LogP contribution in [0.1, 0.15) is 11.4 Å². The number of carboxylic acids is 1. The summed E-state index contributed by atoms with van der Waals surface area (Å²) in [6.07, 6.45) is 3.58. The summed E-state index contributed by atoms with van der Waals surface area (Å²) < 4.78 is 5.07. The average Bonchev–Trinajstić information content (AvgIpc) is 3.08. The molecule has 2 aromatic carbocycles. The van der Waals surface area contributed by atoms with E-state index in [1.54, 1.807) is 54.6 Å². The molecule has 0 bridgehead atoms. The Kier molecular flexibility index (Phi) is 4.75. The zero-order chi connectivity index (χ0) is 17.6. The number of phenolic OH excluding ortho intramolecular Hbond substituents is 1. The lowest BCUT2D eigenvalue weighted by molar-refractivity contribution is -0.139. The second-order valence-electron chi connectivity index (χ2n) is 5.15. The van der Waals surface area contributed by atoms with E-state index in [1.807, 2.05) is 6.08 Å². The van der Waals surface area contributed by atoms with Crippen molar-refractivity contribution in [2.45, 2.75) is 0 Å². The van der Waals surface area contributed by atoms with Crippen molar-refractivity contribution in [3.8, 4) is 22.9 Å². The van der Waals surface area contributed by atoms with Gasteiger partial charge in [0.2, 0.25) is 0 Å². The molecule has 25 heavy (non-hydrogen) atoms. The molecule has 0 radical (unpaired) electrons. The molecule has 0 fully saturated rings. The Morgan fingerprint density at radius 2 is 1.88 bits per heavy atom. The van der Waals surface area contributed by atoms with Gasteiger partial charge in [0.15, 0.2) is 12.4 Å². The Morgan fingerprint density at radius 3 is 2.60 bits per heavy atom. The molecule has 3 aromatic rings. The Hall–Kier alpha value is -3.61. The number of H-pyrrole nitrogens is 1. The summed E-state index contributed by atoms with van der Waals surface area (Å²) in [4.78, 5) is 14.8. The summed E-state index contributed by atoms with van der Waals surface area (Å²) >= 11 is 0. The number of nitrogens with zero attached hydrogens (tertiary/aromatic N) is 2. The highest BCUT2D eigenvalue weighted by molar-refractivity contribution is 5.70.